The normalized spacial score (nSPS) is 18.7. The average molecular weight is 313 g/mol. The van der Waals surface area contributed by atoms with Crippen molar-refractivity contribution in [2.75, 3.05) is 19.9 Å². The Morgan fingerprint density at radius 2 is 2.00 bits per heavy atom. The fourth-order valence-electron chi connectivity index (χ4n) is 2.65. The first-order valence-electron chi connectivity index (χ1n) is 7.05. The van der Waals surface area contributed by atoms with E-state index in [0.717, 1.165) is 43.0 Å². The van der Waals surface area contributed by atoms with Crippen molar-refractivity contribution >= 4 is 18.3 Å². The van der Waals surface area contributed by atoms with Crippen LogP contribution >= 0.6 is 12.4 Å². The number of carbonyl (C=O) groups excluding carboxylic acids is 1. The quantitative estimate of drug-likeness (QED) is 0.894. The van der Waals surface area contributed by atoms with Crippen LogP contribution in [0.25, 0.3) is 0 Å². The Balaban J connectivity index is 0.00000161. The maximum atomic E-state index is 12.3. The molecular formula is C15H21ClN2O3. The Morgan fingerprint density at radius 1 is 1.29 bits per heavy atom. The molecule has 116 valence electrons. The standard InChI is InChI=1S/C15H20N2O3.ClH/c1-15(4-6-16-7-5-15)14(18)17-9-11-2-3-12-13(8-11)20-10-19-12;/h2-3,8,16H,4-7,9-10H2,1H3,(H,17,18);1H. The first-order chi connectivity index (χ1) is 9.67. The van der Waals surface area contributed by atoms with Crippen LogP contribution in [0.3, 0.4) is 0 Å². The molecule has 0 atom stereocenters. The van der Waals surface area contributed by atoms with Crippen LogP contribution in [0.4, 0.5) is 0 Å². The third-order valence-electron chi connectivity index (χ3n) is 4.15. The minimum absolute atomic E-state index is 0. The summed E-state index contributed by atoms with van der Waals surface area (Å²) in [4.78, 5) is 12.3. The van der Waals surface area contributed by atoms with Crippen molar-refractivity contribution in [3.8, 4) is 11.5 Å². The van der Waals surface area contributed by atoms with Crippen molar-refractivity contribution in [1.82, 2.24) is 10.6 Å². The van der Waals surface area contributed by atoms with E-state index in [4.69, 9.17) is 9.47 Å². The molecular weight excluding hydrogens is 292 g/mol. The zero-order chi connectivity index (χ0) is 14.0. The number of benzene rings is 1. The smallest absolute Gasteiger partial charge is 0.231 e. The topological polar surface area (TPSA) is 59.6 Å². The summed E-state index contributed by atoms with van der Waals surface area (Å²) in [5.41, 5.74) is 0.779. The van der Waals surface area contributed by atoms with Gasteiger partial charge in [-0.05, 0) is 43.6 Å². The van der Waals surface area contributed by atoms with Crippen molar-refractivity contribution < 1.29 is 14.3 Å². The molecule has 5 nitrogen and oxygen atoms in total. The van der Waals surface area contributed by atoms with Gasteiger partial charge in [-0.3, -0.25) is 4.79 Å². The van der Waals surface area contributed by atoms with Gasteiger partial charge in [-0.2, -0.15) is 0 Å². The van der Waals surface area contributed by atoms with E-state index in [1.807, 2.05) is 25.1 Å². The molecule has 1 aromatic carbocycles. The van der Waals surface area contributed by atoms with Gasteiger partial charge in [0, 0.05) is 12.0 Å². The molecule has 1 amide bonds. The summed E-state index contributed by atoms with van der Waals surface area (Å²) in [6.45, 7) is 4.67. The van der Waals surface area contributed by atoms with Crippen LogP contribution in [0.15, 0.2) is 18.2 Å². The Kier molecular flexibility index (Phi) is 4.96. The zero-order valence-electron chi connectivity index (χ0n) is 12.1. The van der Waals surface area contributed by atoms with Crippen LogP contribution in [0.5, 0.6) is 11.5 Å². The maximum absolute atomic E-state index is 12.3. The van der Waals surface area contributed by atoms with Crippen LogP contribution in [0.1, 0.15) is 25.3 Å². The summed E-state index contributed by atoms with van der Waals surface area (Å²) in [7, 11) is 0. The summed E-state index contributed by atoms with van der Waals surface area (Å²) in [6, 6.07) is 5.77. The molecule has 2 aliphatic heterocycles. The second-order valence-electron chi connectivity index (χ2n) is 5.68. The van der Waals surface area contributed by atoms with Crippen LogP contribution in [0.2, 0.25) is 0 Å². The second kappa shape index (κ2) is 6.54. The van der Waals surface area contributed by atoms with E-state index in [1.165, 1.54) is 0 Å². The first kappa shape index (κ1) is 15.9. The van der Waals surface area contributed by atoms with Gasteiger partial charge in [0.1, 0.15) is 0 Å². The fourth-order valence-corrected chi connectivity index (χ4v) is 2.65. The van der Waals surface area contributed by atoms with Crippen molar-refractivity contribution in [3.63, 3.8) is 0 Å². The molecule has 2 aliphatic rings. The lowest BCUT2D eigenvalue weighted by Gasteiger charge is -2.32. The van der Waals surface area contributed by atoms with Crippen molar-refractivity contribution in [1.29, 1.82) is 0 Å². The highest BCUT2D eigenvalue weighted by molar-refractivity contribution is 5.85. The summed E-state index contributed by atoms with van der Waals surface area (Å²) in [5, 5.41) is 6.32. The van der Waals surface area contributed by atoms with Gasteiger partial charge in [0.15, 0.2) is 11.5 Å². The van der Waals surface area contributed by atoms with Crippen LogP contribution in [-0.2, 0) is 11.3 Å². The van der Waals surface area contributed by atoms with Crippen molar-refractivity contribution in [2.24, 2.45) is 5.41 Å². The Labute approximate surface area is 130 Å². The first-order valence-corrected chi connectivity index (χ1v) is 7.05. The molecule has 0 radical (unpaired) electrons. The SMILES string of the molecule is CC1(C(=O)NCc2ccc3c(c2)OCO3)CCNCC1.Cl. The molecule has 0 spiro atoms. The van der Waals surface area contributed by atoms with Crippen LogP contribution < -0.4 is 20.1 Å². The number of rotatable bonds is 3. The number of halogens is 1. The van der Waals surface area contributed by atoms with E-state index in [1.54, 1.807) is 0 Å². The van der Waals surface area contributed by atoms with Gasteiger partial charge in [-0.15, -0.1) is 12.4 Å². The summed E-state index contributed by atoms with van der Waals surface area (Å²) >= 11 is 0. The lowest BCUT2D eigenvalue weighted by Crippen LogP contribution is -2.45. The predicted molar refractivity (Wildman–Crippen MR) is 81.9 cm³/mol. The number of amides is 1. The molecule has 1 aromatic rings. The van der Waals surface area contributed by atoms with Gasteiger partial charge >= 0.3 is 0 Å². The Hall–Kier alpha value is -1.46. The highest BCUT2D eigenvalue weighted by Crippen LogP contribution is 2.32. The lowest BCUT2D eigenvalue weighted by atomic mass is 9.80. The third kappa shape index (κ3) is 3.41. The predicted octanol–water partition coefficient (Wildman–Crippen LogP) is 1.84. The van der Waals surface area contributed by atoms with E-state index < -0.39 is 0 Å². The molecule has 0 bridgehead atoms. The number of piperidine rings is 1. The largest absolute Gasteiger partial charge is 0.454 e. The minimum atomic E-state index is -0.248. The monoisotopic (exact) mass is 312 g/mol. The number of hydrogen-bond acceptors (Lipinski definition) is 4. The summed E-state index contributed by atoms with van der Waals surface area (Å²) in [6.07, 6.45) is 1.78. The van der Waals surface area contributed by atoms with Gasteiger partial charge < -0.3 is 20.1 Å². The zero-order valence-corrected chi connectivity index (χ0v) is 12.9. The molecule has 3 rings (SSSR count). The Bertz CT molecular complexity index is 516. The van der Waals surface area contributed by atoms with Crippen molar-refractivity contribution in [2.45, 2.75) is 26.3 Å². The van der Waals surface area contributed by atoms with E-state index in [-0.39, 0.29) is 30.5 Å². The van der Waals surface area contributed by atoms with Crippen molar-refractivity contribution in [3.05, 3.63) is 23.8 Å². The molecule has 0 aromatic heterocycles. The number of hydrogen-bond donors (Lipinski definition) is 2. The van der Waals surface area contributed by atoms with Gasteiger partial charge in [0.25, 0.3) is 0 Å². The Morgan fingerprint density at radius 3 is 2.76 bits per heavy atom. The highest BCUT2D eigenvalue weighted by Gasteiger charge is 2.34. The molecule has 2 heterocycles. The second-order valence-corrected chi connectivity index (χ2v) is 5.68. The van der Waals surface area contributed by atoms with Gasteiger partial charge in [-0.25, -0.2) is 0 Å². The number of ether oxygens (including phenoxy) is 2. The number of nitrogens with one attached hydrogen (secondary N) is 2. The van der Waals surface area contributed by atoms with E-state index in [9.17, 15) is 4.79 Å². The molecule has 6 heteroatoms. The fraction of sp³-hybridized carbons (Fsp3) is 0.533. The minimum Gasteiger partial charge on any atom is -0.454 e. The molecule has 0 saturated carbocycles. The van der Waals surface area contributed by atoms with E-state index >= 15 is 0 Å². The molecule has 2 N–H and O–H groups in total. The molecule has 1 fully saturated rings. The summed E-state index contributed by atoms with van der Waals surface area (Å²) < 4.78 is 10.6. The van der Waals surface area contributed by atoms with Crippen LogP contribution in [-0.4, -0.2) is 25.8 Å². The van der Waals surface area contributed by atoms with Crippen LogP contribution in [0, 0.1) is 5.41 Å². The van der Waals surface area contributed by atoms with Gasteiger partial charge in [-0.1, -0.05) is 13.0 Å². The lowest BCUT2D eigenvalue weighted by molar-refractivity contribution is -0.131. The summed E-state index contributed by atoms with van der Waals surface area (Å²) in [5.74, 6) is 1.66. The molecule has 21 heavy (non-hydrogen) atoms. The number of fused-ring (bicyclic) bond motifs is 1. The van der Waals surface area contributed by atoms with E-state index in [0.29, 0.717) is 6.54 Å². The molecule has 0 aliphatic carbocycles. The number of carbonyl (C=O) groups is 1. The van der Waals surface area contributed by atoms with Gasteiger partial charge in [0.2, 0.25) is 12.7 Å². The highest BCUT2D eigenvalue weighted by atomic mass is 35.5. The molecule has 1 saturated heterocycles. The van der Waals surface area contributed by atoms with Gasteiger partial charge in [0.05, 0.1) is 0 Å². The molecule has 0 unspecified atom stereocenters. The maximum Gasteiger partial charge on any atom is 0.231 e. The third-order valence-corrected chi connectivity index (χ3v) is 4.15. The van der Waals surface area contributed by atoms with E-state index in [2.05, 4.69) is 10.6 Å². The average Bonchev–Trinajstić information content (AvgIpc) is 2.93.